The number of fused-ring (bicyclic) bond motifs is 2. The molecule has 0 aromatic heterocycles. The molecule has 2 bridgehead atoms. The van der Waals surface area contributed by atoms with Gasteiger partial charge in [0.05, 0.1) is 0 Å². The molecule has 4 unspecified atom stereocenters. The van der Waals surface area contributed by atoms with Gasteiger partial charge in [-0.05, 0) is 62.2 Å². The van der Waals surface area contributed by atoms with Gasteiger partial charge in [-0.25, -0.2) is 0 Å². The smallest absolute Gasteiger partial charge is 0.126 e. The number of carbonyl (C=O) groups excluding carboxylic acids is 1. The van der Waals surface area contributed by atoms with Gasteiger partial charge in [0.1, 0.15) is 6.29 Å². The van der Waals surface area contributed by atoms with Crippen molar-refractivity contribution in [2.45, 2.75) is 59.8 Å². The zero-order valence-corrected chi connectivity index (χ0v) is 12.4. The average Bonchev–Trinajstić information content (AvgIpc) is 2.87. The lowest BCUT2D eigenvalue weighted by atomic mass is 9.57. The first-order valence-electron chi connectivity index (χ1n) is 7.53. The van der Waals surface area contributed by atoms with Gasteiger partial charge in [-0.1, -0.05) is 32.9 Å². The molecule has 0 saturated heterocycles. The number of aldehydes is 1. The van der Waals surface area contributed by atoms with E-state index in [1.165, 1.54) is 25.5 Å². The molecular weight excluding hydrogens is 220 g/mol. The summed E-state index contributed by atoms with van der Waals surface area (Å²) in [6.07, 6.45) is 11.7. The van der Waals surface area contributed by atoms with Crippen molar-refractivity contribution in [2.75, 3.05) is 0 Å². The highest BCUT2D eigenvalue weighted by atomic mass is 16.1. The van der Waals surface area contributed by atoms with E-state index >= 15 is 0 Å². The van der Waals surface area contributed by atoms with Crippen LogP contribution < -0.4 is 0 Å². The van der Waals surface area contributed by atoms with Crippen LogP contribution in [0.1, 0.15) is 59.8 Å². The third-order valence-corrected chi connectivity index (χ3v) is 5.86. The first kappa shape index (κ1) is 13.8. The predicted octanol–water partition coefficient (Wildman–Crippen LogP) is 4.62. The quantitative estimate of drug-likeness (QED) is 0.512. The Morgan fingerprint density at radius 1 is 1.33 bits per heavy atom. The predicted molar refractivity (Wildman–Crippen MR) is 76.3 cm³/mol. The third-order valence-electron chi connectivity index (χ3n) is 5.86. The molecule has 4 atom stereocenters. The van der Waals surface area contributed by atoms with Crippen LogP contribution in [0.4, 0.5) is 0 Å². The highest BCUT2D eigenvalue weighted by Crippen LogP contribution is 2.64. The largest absolute Gasteiger partial charge is 0.303 e. The Balaban J connectivity index is 2.19. The highest BCUT2D eigenvalue weighted by molar-refractivity contribution is 5.60. The second kappa shape index (κ2) is 4.83. The molecule has 2 aliphatic rings. The van der Waals surface area contributed by atoms with E-state index in [2.05, 4.69) is 39.8 Å². The van der Waals surface area contributed by atoms with Crippen molar-refractivity contribution in [3.63, 3.8) is 0 Å². The third kappa shape index (κ3) is 2.06. The fourth-order valence-electron chi connectivity index (χ4n) is 5.09. The molecule has 0 aromatic rings. The molecule has 2 rings (SSSR count). The molecule has 0 aromatic carbocycles. The van der Waals surface area contributed by atoms with Crippen LogP contribution in [-0.4, -0.2) is 6.29 Å². The number of hydrogen-bond donors (Lipinski definition) is 0. The lowest BCUT2D eigenvalue weighted by Gasteiger charge is -2.46. The number of rotatable bonds is 5. The van der Waals surface area contributed by atoms with Gasteiger partial charge in [-0.15, -0.1) is 0 Å². The number of carbonyl (C=O) groups is 1. The summed E-state index contributed by atoms with van der Waals surface area (Å²) in [6, 6.07) is 0. The van der Waals surface area contributed by atoms with Gasteiger partial charge >= 0.3 is 0 Å². The Morgan fingerprint density at radius 3 is 2.56 bits per heavy atom. The molecule has 0 radical (unpaired) electrons. The fraction of sp³-hybridized carbons (Fsp3) is 0.824. The topological polar surface area (TPSA) is 17.1 Å². The van der Waals surface area contributed by atoms with Crippen LogP contribution in [0.2, 0.25) is 0 Å². The minimum Gasteiger partial charge on any atom is -0.303 e. The van der Waals surface area contributed by atoms with Crippen LogP contribution in [-0.2, 0) is 4.79 Å². The Morgan fingerprint density at radius 2 is 2.06 bits per heavy atom. The van der Waals surface area contributed by atoms with Gasteiger partial charge in [-0.3, -0.25) is 0 Å². The second-order valence-corrected chi connectivity index (χ2v) is 7.30. The maximum absolute atomic E-state index is 11.7. The first-order valence-corrected chi connectivity index (χ1v) is 7.53. The van der Waals surface area contributed by atoms with Crippen molar-refractivity contribution in [3.8, 4) is 0 Å². The summed E-state index contributed by atoms with van der Waals surface area (Å²) in [5.74, 6) is 2.24. The van der Waals surface area contributed by atoms with Gasteiger partial charge < -0.3 is 4.79 Å². The molecule has 102 valence electrons. The molecular formula is C17H28O. The maximum atomic E-state index is 11.7. The van der Waals surface area contributed by atoms with Crippen molar-refractivity contribution >= 4 is 6.29 Å². The molecule has 0 N–H and O–H groups in total. The molecule has 2 aliphatic carbocycles. The lowest BCUT2D eigenvalue weighted by molar-refractivity contribution is -0.123. The zero-order valence-electron chi connectivity index (χ0n) is 12.4. The number of allylic oxidation sites excluding steroid dienone is 2. The number of hydrogen-bond acceptors (Lipinski definition) is 1. The van der Waals surface area contributed by atoms with Crippen LogP contribution in [0.3, 0.4) is 0 Å². The van der Waals surface area contributed by atoms with E-state index in [0.717, 1.165) is 24.7 Å². The van der Waals surface area contributed by atoms with Crippen LogP contribution in [0, 0.1) is 28.6 Å². The Labute approximate surface area is 112 Å². The van der Waals surface area contributed by atoms with Gasteiger partial charge in [0.2, 0.25) is 0 Å². The summed E-state index contributed by atoms with van der Waals surface area (Å²) < 4.78 is 0. The molecule has 0 heterocycles. The van der Waals surface area contributed by atoms with Crippen LogP contribution >= 0.6 is 0 Å². The van der Waals surface area contributed by atoms with E-state index in [0.29, 0.717) is 11.3 Å². The monoisotopic (exact) mass is 248 g/mol. The molecule has 0 spiro atoms. The Bertz CT molecular complexity index is 342. The van der Waals surface area contributed by atoms with E-state index in [4.69, 9.17) is 0 Å². The van der Waals surface area contributed by atoms with E-state index in [9.17, 15) is 4.79 Å². The van der Waals surface area contributed by atoms with Crippen LogP contribution in [0.25, 0.3) is 0 Å². The first-order chi connectivity index (χ1) is 8.45. The van der Waals surface area contributed by atoms with Crippen molar-refractivity contribution in [1.29, 1.82) is 0 Å². The lowest BCUT2D eigenvalue weighted by Crippen LogP contribution is -2.43. The van der Waals surface area contributed by atoms with Crippen molar-refractivity contribution in [2.24, 2.45) is 28.6 Å². The van der Waals surface area contributed by atoms with Crippen molar-refractivity contribution in [3.05, 3.63) is 12.2 Å². The molecule has 1 nitrogen and oxygen atoms in total. The van der Waals surface area contributed by atoms with E-state index in [1.807, 2.05) is 0 Å². The molecule has 2 saturated carbocycles. The molecule has 18 heavy (non-hydrogen) atoms. The minimum absolute atomic E-state index is 0.122. The van der Waals surface area contributed by atoms with Crippen LogP contribution in [0.5, 0.6) is 0 Å². The van der Waals surface area contributed by atoms with E-state index < -0.39 is 0 Å². The normalized spacial score (nSPS) is 37.0. The standard InChI is InChI=1S/C17H28O/c1-5-6-7-10-17(4,12-18)15-13-8-9-14(11-13)16(15,2)3/h5-6,12-15H,7-11H2,1-4H3/b6-5-. The summed E-state index contributed by atoms with van der Waals surface area (Å²) >= 11 is 0. The Kier molecular flexibility index (Phi) is 3.71. The van der Waals surface area contributed by atoms with Gasteiger partial charge in [0.25, 0.3) is 0 Å². The average molecular weight is 248 g/mol. The van der Waals surface area contributed by atoms with Gasteiger partial charge in [-0.2, -0.15) is 0 Å². The summed E-state index contributed by atoms with van der Waals surface area (Å²) in [5.41, 5.74) is 0.233. The molecule has 0 aliphatic heterocycles. The highest BCUT2D eigenvalue weighted by Gasteiger charge is 2.58. The second-order valence-electron chi connectivity index (χ2n) is 7.30. The molecule has 2 fully saturated rings. The summed E-state index contributed by atoms with van der Waals surface area (Å²) in [6.45, 7) is 9.06. The van der Waals surface area contributed by atoms with Gasteiger partial charge in [0, 0.05) is 5.41 Å². The summed E-state index contributed by atoms with van der Waals surface area (Å²) in [4.78, 5) is 11.7. The van der Waals surface area contributed by atoms with Crippen molar-refractivity contribution < 1.29 is 4.79 Å². The van der Waals surface area contributed by atoms with Crippen LogP contribution in [0.15, 0.2) is 12.2 Å². The SMILES string of the molecule is C/C=C\CCC(C)(C=O)C1C2CCC(C2)C1(C)C. The van der Waals surface area contributed by atoms with E-state index in [-0.39, 0.29) is 5.41 Å². The Hall–Kier alpha value is -0.590. The summed E-state index contributed by atoms with van der Waals surface area (Å²) in [7, 11) is 0. The molecule has 1 heteroatoms. The van der Waals surface area contributed by atoms with Crippen molar-refractivity contribution in [1.82, 2.24) is 0 Å². The fourth-order valence-corrected chi connectivity index (χ4v) is 5.09. The minimum atomic E-state index is -0.122. The maximum Gasteiger partial charge on any atom is 0.126 e. The van der Waals surface area contributed by atoms with Gasteiger partial charge in [0.15, 0.2) is 0 Å². The van der Waals surface area contributed by atoms with E-state index in [1.54, 1.807) is 0 Å². The molecule has 0 amide bonds. The summed E-state index contributed by atoms with van der Waals surface area (Å²) in [5, 5.41) is 0. The zero-order chi connectivity index (χ0) is 13.4.